The summed E-state index contributed by atoms with van der Waals surface area (Å²) >= 11 is 1.38. The van der Waals surface area contributed by atoms with E-state index in [0.29, 0.717) is 6.42 Å². The molecule has 6 heteroatoms. The molecule has 0 saturated carbocycles. The molecule has 0 atom stereocenters. The average molecular weight is 370 g/mol. The minimum absolute atomic E-state index is 0.0916. The summed E-state index contributed by atoms with van der Waals surface area (Å²) in [6.45, 7) is 0.791. The van der Waals surface area contributed by atoms with Crippen LogP contribution in [0, 0.1) is 5.82 Å². The normalized spacial score (nSPS) is 15.6. The van der Waals surface area contributed by atoms with Crippen molar-refractivity contribution in [2.24, 2.45) is 0 Å². The van der Waals surface area contributed by atoms with Crippen molar-refractivity contribution in [3.63, 3.8) is 0 Å². The van der Waals surface area contributed by atoms with E-state index in [-0.39, 0.29) is 23.4 Å². The molecule has 2 aliphatic heterocycles. The standard InChI is InChI=1S/C20H19FN2O2S/c21-15-4-6-17(7-5-15)26-12-18(24)22-16-10-13-2-1-9-23-19(25)8-3-14(11-16)20(13)23/h4-7,10-11H,1-3,8-9,12H2,(H,22,24). The Morgan fingerprint density at radius 2 is 1.85 bits per heavy atom. The average Bonchev–Trinajstić information content (AvgIpc) is 2.64. The van der Waals surface area contributed by atoms with Crippen molar-refractivity contribution in [2.75, 3.05) is 22.5 Å². The zero-order valence-corrected chi connectivity index (χ0v) is 15.1. The molecule has 26 heavy (non-hydrogen) atoms. The lowest BCUT2D eigenvalue weighted by Crippen LogP contribution is -2.39. The summed E-state index contributed by atoms with van der Waals surface area (Å²) in [5.41, 5.74) is 4.14. The van der Waals surface area contributed by atoms with Gasteiger partial charge in [-0.15, -0.1) is 11.8 Å². The number of benzene rings is 2. The van der Waals surface area contributed by atoms with Gasteiger partial charge in [0.2, 0.25) is 11.8 Å². The summed E-state index contributed by atoms with van der Waals surface area (Å²) in [5.74, 6) is 0.0918. The van der Waals surface area contributed by atoms with Crippen LogP contribution in [0.4, 0.5) is 15.8 Å². The molecule has 0 saturated heterocycles. The van der Waals surface area contributed by atoms with E-state index in [1.165, 1.54) is 23.9 Å². The molecule has 0 aliphatic carbocycles. The van der Waals surface area contributed by atoms with E-state index < -0.39 is 0 Å². The highest BCUT2D eigenvalue weighted by Gasteiger charge is 2.29. The maximum absolute atomic E-state index is 12.9. The molecule has 0 spiro atoms. The molecule has 2 amide bonds. The van der Waals surface area contributed by atoms with Crippen LogP contribution in [0.1, 0.15) is 24.0 Å². The number of hydrogen-bond acceptors (Lipinski definition) is 3. The van der Waals surface area contributed by atoms with Crippen LogP contribution in [0.15, 0.2) is 41.3 Å². The summed E-state index contributed by atoms with van der Waals surface area (Å²) in [4.78, 5) is 27.1. The van der Waals surface area contributed by atoms with Crippen LogP contribution in [0.2, 0.25) is 0 Å². The van der Waals surface area contributed by atoms with Gasteiger partial charge in [-0.3, -0.25) is 9.59 Å². The Morgan fingerprint density at radius 1 is 1.12 bits per heavy atom. The summed E-state index contributed by atoms with van der Waals surface area (Å²) in [6.07, 6.45) is 3.14. The first-order chi connectivity index (χ1) is 12.6. The molecule has 2 aliphatic rings. The largest absolute Gasteiger partial charge is 0.325 e. The molecule has 2 heterocycles. The quantitative estimate of drug-likeness (QED) is 0.834. The van der Waals surface area contributed by atoms with Crippen molar-refractivity contribution in [1.82, 2.24) is 0 Å². The fraction of sp³-hybridized carbons (Fsp3) is 0.300. The zero-order chi connectivity index (χ0) is 18.1. The van der Waals surface area contributed by atoms with E-state index in [2.05, 4.69) is 5.32 Å². The maximum atomic E-state index is 12.9. The topological polar surface area (TPSA) is 49.4 Å². The molecule has 2 aromatic rings. The van der Waals surface area contributed by atoms with Crippen LogP contribution in [-0.4, -0.2) is 24.1 Å². The Balaban J connectivity index is 1.46. The van der Waals surface area contributed by atoms with E-state index in [1.807, 2.05) is 17.0 Å². The van der Waals surface area contributed by atoms with Gasteiger partial charge in [0.1, 0.15) is 5.82 Å². The number of aryl methyl sites for hydroxylation is 2. The van der Waals surface area contributed by atoms with Crippen LogP contribution in [0.3, 0.4) is 0 Å². The van der Waals surface area contributed by atoms with E-state index in [9.17, 15) is 14.0 Å². The number of carbonyl (C=O) groups is 2. The molecule has 4 nitrogen and oxygen atoms in total. The molecular weight excluding hydrogens is 351 g/mol. The number of nitrogens with zero attached hydrogens (tertiary/aromatic N) is 1. The van der Waals surface area contributed by atoms with Gasteiger partial charge < -0.3 is 10.2 Å². The predicted molar refractivity (Wildman–Crippen MR) is 101 cm³/mol. The van der Waals surface area contributed by atoms with Crippen LogP contribution in [0.25, 0.3) is 0 Å². The van der Waals surface area contributed by atoms with Gasteiger partial charge in [-0.2, -0.15) is 0 Å². The molecule has 2 aromatic carbocycles. The highest BCUT2D eigenvalue weighted by atomic mass is 32.2. The second-order valence-electron chi connectivity index (χ2n) is 6.58. The van der Waals surface area contributed by atoms with Crippen LogP contribution in [0.5, 0.6) is 0 Å². The van der Waals surface area contributed by atoms with Crippen LogP contribution < -0.4 is 10.2 Å². The zero-order valence-electron chi connectivity index (χ0n) is 14.3. The molecule has 0 radical (unpaired) electrons. The second-order valence-corrected chi connectivity index (χ2v) is 7.63. The molecule has 0 unspecified atom stereocenters. The van der Waals surface area contributed by atoms with Crippen LogP contribution >= 0.6 is 11.8 Å². The molecule has 0 aromatic heterocycles. The molecule has 0 fully saturated rings. The first-order valence-electron chi connectivity index (χ1n) is 8.74. The molecule has 0 bridgehead atoms. The number of thioether (sulfide) groups is 1. The third-order valence-corrected chi connectivity index (χ3v) is 5.75. The van der Waals surface area contributed by atoms with Crippen molar-refractivity contribution in [1.29, 1.82) is 0 Å². The second kappa shape index (κ2) is 7.11. The first kappa shape index (κ1) is 17.1. The van der Waals surface area contributed by atoms with Gasteiger partial charge in [-0.05, 0) is 66.8 Å². The minimum atomic E-state index is -0.283. The van der Waals surface area contributed by atoms with Gasteiger partial charge >= 0.3 is 0 Å². The predicted octanol–water partition coefficient (Wildman–Crippen LogP) is 3.78. The third kappa shape index (κ3) is 3.46. The summed E-state index contributed by atoms with van der Waals surface area (Å²) in [6, 6.07) is 10.1. The molecule has 1 N–H and O–H groups in total. The number of nitrogens with one attached hydrogen (secondary N) is 1. The summed E-state index contributed by atoms with van der Waals surface area (Å²) in [7, 11) is 0. The number of hydrogen-bond donors (Lipinski definition) is 1. The van der Waals surface area contributed by atoms with Crippen LogP contribution in [-0.2, 0) is 22.4 Å². The molecular formula is C20H19FN2O2S. The van der Waals surface area contributed by atoms with E-state index in [4.69, 9.17) is 0 Å². The molecule has 134 valence electrons. The van der Waals surface area contributed by atoms with Crippen molar-refractivity contribution in [3.05, 3.63) is 53.3 Å². The van der Waals surface area contributed by atoms with Gasteiger partial charge in [-0.1, -0.05) is 0 Å². The Hall–Kier alpha value is -2.34. The number of amides is 2. The van der Waals surface area contributed by atoms with E-state index in [0.717, 1.165) is 53.2 Å². The monoisotopic (exact) mass is 370 g/mol. The van der Waals surface area contributed by atoms with Crippen molar-refractivity contribution >= 4 is 35.0 Å². The Morgan fingerprint density at radius 3 is 2.62 bits per heavy atom. The van der Waals surface area contributed by atoms with Gasteiger partial charge in [0.15, 0.2) is 0 Å². The van der Waals surface area contributed by atoms with Gasteiger partial charge in [-0.25, -0.2) is 4.39 Å². The van der Waals surface area contributed by atoms with Gasteiger partial charge in [0, 0.05) is 23.5 Å². The number of anilines is 2. The number of carbonyl (C=O) groups excluding carboxylic acids is 2. The number of rotatable bonds is 4. The lowest BCUT2D eigenvalue weighted by atomic mass is 9.91. The smallest absolute Gasteiger partial charge is 0.234 e. The van der Waals surface area contributed by atoms with Gasteiger partial charge in [0.05, 0.1) is 11.4 Å². The Kier molecular flexibility index (Phi) is 4.68. The number of halogens is 1. The van der Waals surface area contributed by atoms with E-state index in [1.54, 1.807) is 12.1 Å². The summed E-state index contributed by atoms with van der Waals surface area (Å²) in [5, 5.41) is 2.96. The Labute approximate surface area is 155 Å². The Bertz CT molecular complexity index is 850. The fourth-order valence-electron chi connectivity index (χ4n) is 3.60. The van der Waals surface area contributed by atoms with Crippen molar-refractivity contribution < 1.29 is 14.0 Å². The highest BCUT2D eigenvalue weighted by Crippen LogP contribution is 2.37. The highest BCUT2D eigenvalue weighted by molar-refractivity contribution is 8.00. The minimum Gasteiger partial charge on any atom is -0.325 e. The SMILES string of the molecule is O=C(CSc1ccc(F)cc1)Nc1cc2c3c(c1)CCC(=O)N3CCC2. The maximum Gasteiger partial charge on any atom is 0.234 e. The van der Waals surface area contributed by atoms with Crippen molar-refractivity contribution in [3.8, 4) is 0 Å². The fourth-order valence-corrected chi connectivity index (χ4v) is 4.30. The summed E-state index contributed by atoms with van der Waals surface area (Å²) < 4.78 is 12.9. The van der Waals surface area contributed by atoms with E-state index >= 15 is 0 Å². The van der Waals surface area contributed by atoms with Crippen molar-refractivity contribution in [2.45, 2.75) is 30.6 Å². The molecule has 4 rings (SSSR count). The van der Waals surface area contributed by atoms with Gasteiger partial charge in [0.25, 0.3) is 0 Å². The lowest BCUT2D eigenvalue weighted by Gasteiger charge is -2.35. The third-order valence-electron chi connectivity index (χ3n) is 4.74. The lowest BCUT2D eigenvalue weighted by molar-refractivity contribution is -0.119. The first-order valence-corrected chi connectivity index (χ1v) is 9.73.